The molecule has 3 N–H and O–H groups in total. The van der Waals surface area contributed by atoms with Gasteiger partial charge in [0.2, 0.25) is 5.91 Å². The van der Waals surface area contributed by atoms with E-state index in [2.05, 4.69) is 5.32 Å². The average molecular weight is 308 g/mol. The molecular weight excluding hydrogens is 288 g/mol. The second kappa shape index (κ2) is 7.60. The third-order valence-electron chi connectivity index (χ3n) is 3.39. The van der Waals surface area contributed by atoms with Crippen molar-refractivity contribution in [1.82, 2.24) is 14.8 Å². The van der Waals surface area contributed by atoms with Gasteiger partial charge in [-0.05, 0) is 12.1 Å². The smallest absolute Gasteiger partial charge is 0.292 e. The number of carbonyl (C=O) groups is 2. The average Bonchev–Trinajstić information content (AvgIpc) is 2.53. The van der Waals surface area contributed by atoms with Gasteiger partial charge in [0.1, 0.15) is 0 Å². The molecule has 1 aromatic heterocycles. The van der Waals surface area contributed by atoms with E-state index in [1.54, 1.807) is 17.2 Å². The summed E-state index contributed by atoms with van der Waals surface area (Å²) in [5.41, 5.74) is 4.60. The first-order chi connectivity index (χ1) is 10.6. The van der Waals surface area contributed by atoms with Crippen molar-refractivity contribution in [3.05, 3.63) is 28.7 Å². The van der Waals surface area contributed by atoms with Crippen LogP contribution >= 0.6 is 0 Å². The molecule has 8 nitrogen and oxygen atoms in total. The number of ether oxygens (including phenoxy) is 1. The second-order valence-corrected chi connectivity index (χ2v) is 5.01. The highest BCUT2D eigenvalue weighted by atomic mass is 16.5. The van der Waals surface area contributed by atoms with Crippen LogP contribution in [0.15, 0.2) is 23.1 Å². The molecule has 0 atom stereocenters. The lowest BCUT2D eigenvalue weighted by Gasteiger charge is -2.27. The van der Waals surface area contributed by atoms with Gasteiger partial charge >= 0.3 is 0 Å². The number of nitrogens with two attached hydrogens (primary N) is 1. The molecule has 2 amide bonds. The predicted molar refractivity (Wildman–Crippen MR) is 79.5 cm³/mol. The first-order valence-corrected chi connectivity index (χ1v) is 7.17. The normalized spacial score (nSPS) is 14.6. The summed E-state index contributed by atoms with van der Waals surface area (Å²) in [5.74, 6) is -0.573. The number of piperazine rings is 1. The van der Waals surface area contributed by atoms with Gasteiger partial charge < -0.3 is 25.3 Å². The highest BCUT2D eigenvalue weighted by Crippen LogP contribution is 2.04. The molecule has 2 heterocycles. The first-order valence-electron chi connectivity index (χ1n) is 7.17. The lowest BCUT2D eigenvalue weighted by atomic mass is 10.3. The molecule has 120 valence electrons. The summed E-state index contributed by atoms with van der Waals surface area (Å²) < 4.78 is 6.45. The number of amides is 2. The fraction of sp³-hybridized carbons (Fsp3) is 0.500. The van der Waals surface area contributed by atoms with Crippen molar-refractivity contribution in [3.63, 3.8) is 0 Å². The van der Waals surface area contributed by atoms with Crippen LogP contribution in [0.5, 0.6) is 5.75 Å². The highest BCUT2D eigenvalue weighted by molar-refractivity contribution is 5.76. The largest absolute Gasteiger partial charge is 0.478 e. The van der Waals surface area contributed by atoms with Crippen molar-refractivity contribution in [2.24, 2.45) is 5.73 Å². The molecule has 1 aliphatic rings. The second-order valence-electron chi connectivity index (χ2n) is 5.01. The van der Waals surface area contributed by atoms with Crippen LogP contribution in [-0.4, -0.2) is 54.1 Å². The predicted octanol–water partition coefficient (Wildman–Crippen LogP) is -1.47. The fourth-order valence-corrected chi connectivity index (χ4v) is 2.24. The molecule has 0 radical (unpaired) electrons. The zero-order valence-electron chi connectivity index (χ0n) is 12.3. The Morgan fingerprint density at radius 1 is 1.32 bits per heavy atom. The Hall–Kier alpha value is -2.35. The molecule has 1 fully saturated rings. The van der Waals surface area contributed by atoms with Crippen molar-refractivity contribution in [2.45, 2.75) is 13.0 Å². The molecule has 0 bridgehead atoms. The summed E-state index contributed by atoms with van der Waals surface area (Å²) in [6.07, 6.45) is 1.84. The van der Waals surface area contributed by atoms with Crippen molar-refractivity contribution >= 4 is 11.8 Å². The molecule has 0 saturated carbocycles. The van der Waals surface area contributed by atoms with Crippen molar-refractivity contribution in [1.29, 1.82) is 0 Å². The van der Waals surface area contributed by atoms with Crippen molar-refractivity contribution in [2.75, 3.05) is 32.8 Å². The van der Waals surface area contributed by atoms with Crippen LogP contribution in [0.2, 0.25) is 0 Å². The molecule has 2 rings (SSSR count). The number of hydrogen-bond donors (Lipinski definition) is 2. The maximum absolute atomic E-state index is 12.1. The minimum Gasteiger partial charge on any atom is -0.478 e. The number of pyridine rings is 1. The van der Waals surface area contributed by atoms with Crippen LogP contribution in [0.4, 0.5) is 0 Å². The molecular formula is C14H20N4O4. The van der Waals surface area contributed by atoms with Gasteiger partial charge in [0.15, 0.2) is 12.4 Å². The summed E-state index contributed by atoms with van der Waals surface area (Å²) in [6.45, 7) is 2.89. The van der Waals surface area contributed by atoms with Crippen LogP contribution in [0.1, 0.15) is 6.42 Å². The lowest BCUT2D eigenvalue weighted by molar-refractivity contribution is -0.132. The number of nitrogens with one attached hydrogen (secondary N) is 1. The van der Waals surface area contributed by atoms with E-state index in [0.29, 0.717) is 13.1 Å². The standard InChI is InChI=1S/C14H20N4O4/c15-12(19)10-22-11-2-1-6-18(14(11)21)7-3-13(20)17-8-4-16-5-9-17/h1-2,6,16H,3-5,7-10H2,(H2,15,19). The van der Waals surface area contributed by atoms with Crippen LogP contribution in [0.3, 0.4) is 0 Å². The Labute approximate surface area is 127 Å². The van der Waals surface area contributed by atoms with Crippen LogP contribution in [0.25, 0.3) is 0 Å². The summed E-state index contributed by atoms with van der Waals surface area (Å²) in [5, 5.41) is 3.18. The van der Waals surface area contributed by atoms with Gasteiger partial charge in [0, 0.05) is 45.3 Å². The van der Waals surface area contributed by atoms with Crippen LogP contribution in [-0.2, 0) is 16.1 Å². The molecule has 1 aromatic rings. The Bertz CT molecular complexity index is 593. The minimum absolute atomic E-state index is 0.0249. The van der Waals surface area contributed by atoms with Crippen molar-refractivity contribution in [3.8, 4) is 5.75 Å². The van der Waals surface area contributed by atoms with E-state index in [4.69, 9.17) is 10.5 Å². The molecule has 0 aromatic carbocycles. The number of aromatic nitrogens is 1. The van der Waals surface area contributed by atoms with E-state index in [-0.39, 0.29) is 36.8 Å². The molecule has 0 spiro atoms. The van der Waals surface area contributed by atoms with Crippen molar-refractivity contribution < 1.29 is 14.3 Å². The maximum atomic E-state index is 12.1. The molecule has 0 unspecified atom stereocenters. The molecule has 22 heavy (non-hydrogen) atoms. The topological polar surface area (TPSA) is 107 Å². The molecule has 1 saturated heterocycles. The van der Waals surface area contributed by atoms with Gasteiger partial charge in [0.25, 0.3) is 11.5 Å². The van der Waals surface area contributed by atoms with E-state index in [0.717, 1.165) is 13.1 Å². The fourth-order valence-electron chi connectivity index (χ4n) is 2.24. The SMILES string of the molecule is NC(=O)COc1cccn(CCC(=O)N2CCNCC2)c1=O. The van der Waals surface area contributed by atoms with Gasteiger partial charge in [0.05, 0.1) is 0 Å². The quantitative estimate of drug-likeness (QED) is 0.667. The third kappa shape index (κ3) is 4.32. The van der Waals surface area contributed by atoms with Gasteiger partial charge in [-0.2, -0.15) is 0 Å². The number of primary amides is 1. The van der Waals surface area contributed by atoms with E-state index >= 15 is 0 Å². The molecule has 1 aliphatic heterocycles. The molecule has 0 aliphatic carbocycles. The van der Waals surface area contributed by atoms with E-state index < -0.39 is 5.91 Å². The highest BCUT2D eigenvalue weighted by Gasteiger charge is 2.16. The zero-order chi connectivity index (χ0) is 15.9. The van der Waals surface area contributed by atoms with Crippen LogP contribution < -0.4 is 21.3 Å². The number of aryl methyl sites for hydroxylation is 1. The number of carbonyl (C=O) groups excluding carboxylic acids is 2. The number of nitrogens with zero attached hydrogens (tertiary/aromatic N) is 2. The van der Waals surface area contributed by atoms with Gasteiger partial charge in [-0.3, -0.25) is 14.4 Å². The van der Waals surface area contributed by atoms with Crippen LogP contribution in [0, 0.1) is 0 Å². The number of rotatable bonds is 6. The number of hydrogen-bond acceptors (Lipinski definition) is 5. The lowest BCUT2D eigenvalue weighted by Crippen LogP contribution is -2.46. The Kier molecular flexibility index (Phi) is 5.54. The summed E-state index contributed by atoms with van der Waals surface area (Å²) in [7, 11) is 0. The summed E-state index contributed by atoms with van der Waals surface area (Å²) in [6, 6.07) is 3.10. The van der Waals surface area contributed by atoms with Gasteiger partial charge in [-0.1, -0.05) is 0 Å². The minimum atomic E-state index is -0.649. The zero-order valence-corrected chi connectivity index (χ0v) is 12.3. The van der Waals surface area contributed by atoms with E-state index in [1.165, 1.54) is 10.6 Å². The third-order valence-corrected chi connectivity index (χ3v) is 3.39. The summed E-state index contributed by atoms with van der Waals surface area (Å²) in [4.78, 5) is 36.7. The Balaban J connectivity index is 1.94. The summed E-state index contributed by atoms with van der Waals surface area (Å²) >= 11 is 0. The maximum Gasteiger partial charge on any atom is 0.292 e. The Morgan fingerprint density at radius 2 is 2.05 bits per heavy atom. The van der Waals surface area contributed by atoms with E-state index in [1.807, 2.05) is 0 Å². The Morgan fingerprint density at radius 3 is 2.73 bits per heavy atom. The monoisotopic (exact) mass is 308 g/mol. The first kappa shape index (κ1) is 16.0. The molecule has 8 heteroatoms. The van der Waals surface area contributed by atoms with Gasteiger partial charge in [-0.15, -0.1) is 0 Å². The van der Waals surface area contributed by atoms with E-state index in [9.17, 15) is 14.4 Å². The van der Waals surface area contributed by atoms with Gasteiger partial charge in [-0.25, -0.2) is 0 Å².